The number of likely N-dealkylation sites (N-methyl/N-ethyl adjacent to an activating group) is 1. The molecular weight excluding hydrogens is 382 g/mol. The first kappa shape index (κ1) is 21.8. The van der Waals surface area contributed by atoms with Gasteiger partial charge in [0.15, 0.2) is 0 Å². The Morgan fingerprint density at radius 2 is 1.87 bits per heavy atom. The van der Waals surface area contributed by atoms with Crippen molar-refractivity contribution in [2.45, 2.75) is 32.4 Å². The van der Waals surface area contributed by atoms with E-state index < -0.39 is 6.04 Å². The second-order valence-electron chi connectivity index (χ2n) is 7.73. The van der Waals surface area contributed by atoms with E-state index in [2.05, 4.69) is 0 Å². The van der Waals surface area contributed by atoms with Crippen LogP contribution < -0.4 is 5.56 Å². The molecule has 1 aliphatic rings. The van der Waals surface area contributed by atoms with Crippen LogP contribution in [-0.2, 0) is 22.5 Å². The minimum absolute atomic E-state index is 0.179. The molecule has 0 aliphatic carbocycles. The maximum atomic E-state index is 13.3. The summed E-state index contributed by atoms with van der Waals surface area (Å²) in [6.45, 7) is 3.65. The topological polar surface area (TPSA) is 71.8 Å². The standard InChI is InChI=1S/C23H29N3O4/c1-17-10-14-25(15-11-18-8-5-4-6-9-18)21(27)20(17)22(28)26-13-7-12-24(2)19(16-26)23(29)30-3/h4-6,8-10,14,19H,7,11-13,15-16H2,1-3H3. The van der Waals surface area contributed by atoms with Crippen molar-refractivity contribution in [2.24, 2.45) is 0 Å². The Balaban J connectivity index is 1.84. The summed E-state index contributed by atoms with van der Waals surface area (Å²) in [6.07, 6.45) is 3.17. The first-order chi connectivity index (χ1) is 14.4. The van der Waals surface area contributed by atoms with E-state index in [1.54, 1.807) is 28.7 Å². The van der Waals surface area contributed by atoms with Crippen LogP contribution >= 0.6 is 0 Å². The third kappa shape index (κ3) is 4.79. The van der Waals surface area contributed by atoms with Gasteiger partial charge in [-0.3, -0.25) is 19.3 Å². The number of hydrogen-bond acceptors (Lipinski definition) is 5. The molecule has 7 heteroatoms. The second kappa shape index (κ2) is 9.71. The van der Waals surface area contributed by atoms with Gasteiger partial charge >= 0.3 is 5.97 Å². The normalized spacial score (nSPS) is 17.4. The third-order valence-corrected chi connectivity index (χ3v) is 5.70. The summed E-state index contributed by atoms with van der Waals surface area (Å²) >= 11 is 0. The summed E-state index contributed by atoms with van der Waals surface area (Å²) in [7, 11) is 3.19. The summed E-state index contributed by atoms with van der Waals surface area (Å²) in [6, 6.07) is 11.2. The summed E-state index contributed by atoms with van der Waals surface area (Å²) in [5.41, 5.74) is 1.67. The van der Waals surface area contributed by atoms with Gasteiger partial charge in [0, 0.05) is 32.4 Å². The van der Waals surface area contributed by atoms with Gasteiger partial charge in [0.2, 0.25) is 0 Å². The van der Waals surface area contributed by atoms with Crippen molar-refractivity contribution in [3.8, 4) is 0 Å². The second-order valence-corrected chi connectivity index (χ2v) is 7.73. The fraction of sp³-hybridized carbons (Fsp3) is 0.435. The fourth-order valence-corrected chi connectivity index (χ4v) is 3.83. The van der Waals surface area contributed by atoms with Crippen molar-refractivity contribution < 1.29 is 14.3 Å². The highest BCUT2D eigenvalue weighted by Crippen LogP contribution is 2.14. The molecule has 1 atom stereocenters. The highest BCUT2D eigenvalue weighted by atomic mass is 16.5. The SMILES string of the molecule is COC(=O)C1CN(C(=O)c2c(C)ccn(CCc3ccccc3)c2=O)CCCN1C. The Morgan fingerprint density at radius 1 is 1.13 bits per heavy atom. The van der Waals surface area contributed by atoms with Gasteiger partial charge in [0.1, 0.15) is 11.6 Å². The van der Waals surface area contributed by atoms with Crippen LogP contribution in [-0.4, -0.2) is 66.1 Å². The van der Waals surface area contributed by atoms with E-state index in [0.717, 1.165) is 12.0 Å². The zero-order valence-corrected chi connectivity index (χ0v) is 17.8. The summed E-state index contributed by atoms with van der Waals surface area (Å²) in [5.74, 6) is -0.696. The van der Waals surface area contributed by atoms with Gasteiger partial charge in [0.25, 0.3) is 11.5 Å². The quantitative estimate of drug-likeness (QED) is 0.701. The van der Waals surface area contributed by atoms with Crippen LogP contribution in [0.15, 0.2) is 47.4 Å². The van der Waals surface area contributed by atoms with E-state index in [0.29, 0.717) is 31.6 Å². The number of esters is 1. The number of carbonyl (C=O) groups is 2. The Hall–Kier alpha value is -2.93. The molecule has 0 spiro atoms. The van der Waals surface area contributed by atoms with Gasteiger partial charge < -0.3 is 14.2 Å². The van der Waals surface area contributed by atoms with Crippen molar-refractivity contribution in [3.63, 3.8) is 0 Å². The van der Waals surface area contributed by atoms with Crippen LogP contribution in [0.1, 0.15) is 27.9 Å². The molecule has 1 aliphatic heterocycles. The largest absolute Gasteiger partial charge is 0.468 e. The van der Waals surface area contributed by atoms with E-state index in [9.17, 15) is 14.4 Å². The van der Waals surface area contributed by atoms with Gasteiger partial charge in [-0.2, -0.15) is 0 Å². The zero-order chi connectivity index (χ0) is 21.7. The first-order valence-corrected chi connectivity index (χ1v) is 10.2. The van der Waals surface area contributed by atoms with Gasteiger partial charge in [-0.1, -0.05) is 30.3 Å². The molecule has 1 amide bonds. The first-order valence-electron chi connectivity index (χ1n) is 10.2. The monoisotopic (exact) mass is 411 g/mol. The lowest BCUT2D eigenvalue weighted by Gasteiger charge is -2.27. The Bertz CT molecular complexity index is 955. The number of aryl methyl sites for hydroxylation is 3. The van der Waals surface area contributed by atoms with Crippen LogP contribution in [0, 0.1) is 6.92 Å². The van der Waals surface area contributed by atoms with E-state index in [-0.39, 0.29) is 29.5 Å². The molecule has 0 radical (unpaired) electrons. The number of rotatable bonds is 5. The van der Waals surface area contributed by atoms with Crippen LogP contribution in [0.4, 0.5) is 0 Å². The van der Waals surface area contributed by atoms with E-state index in [4.69, 9.17) is 4.74 Å². The summed E-state index contributed by atoms with van der Waals surface area (Å²) < 4.78 is 6.50. The predicted octanol–water partition coefficient (Wildman–Crippen LogP) is 1.72. The third-order valence-electron chi connectivity index (χ3n) is 5.70. The number of hydrogen-bond donors (Lipinski definition) is 0. The van der Waals surface area contributed by atoms with Crippen molar-refractivity contribution >= 4 is 11.9 Å². The molecular formula is C23H29N3O4. The number of carbonyl (C=O) groups excluding carboxylic acids is 2. The highest BCUT2D eigenvalue weighted by molar-refractivity contribution is 5.95. The maximum Gasteiger partial charge on any atom is 0.324 e. The molecule has 0 N–H and O–H groups in total. The molecule has 0 bridgehead atoms. The van der Waals surface area contributed by atoms with Crippen LogP contribution in [0.5, 0.6) is 0 Å². The molecule has 160 valence electrons. The molecule has 3 rings (SSSR count). The number of aromatic nitrogens is 1. The Labute approximate surface area is 176 Å². The summed E-state index contributed by atoms with van der Waals surface area (Å²) in [5, 5.41) is 0. The molecule has 1 saturated heterocycles. The maximum absolute atomic E-state index is 13.3. The molecule has 0 saturated carbocycles. The minimum atomic E-state index is -0.536. The molecule has 7 nitrogen and oxygen atoms in total. The highest BCUT2D eigenvalue weighted by Gasteiger charge is 2.32. The van der Waals surface area contributed by atoms with Crippen LogP contribution in [0.2, 0.25) is 0 Å². The molecule has 2 heterocycles. The van der Waals surface area contributed by atoms with Gasteiger partial charge in [-0.05, 0) is 44.0 Å². The van der Waals surface area contributed by atoms with Crippen molar-refractivity contribution in [1.29, 1.82) is 0 Å². The van der Waals surface area contributed by atoms with Gasteiger partial charge in [-0.25, -0.2) is 0 Å². The number of methoxy groups -OCH3 is 1. The molecule has 2 aromatic rings. The number of pyridine rings is 1. The lowest BCUT2D eigenvalue weighted by molar-refractivity contribution is -0.146. The zero-order valence-electron chi connectivity index (χ0n) is 17.8. The number of nitrogens with zero attached hydrogens (tertiary/aromatic N) is 3. The van der Waals surface area contributed by atoms with E-state index in [1.807, 2.05) is 42.3 Å². The van der Waals surface area contributed by atoms with Gasteiger partial charge in [0.05, 0.1) is 7.11 Å². The number of ether oxygens (including phenoxy) is 1. The lowest BCUT2D eigenvalue weighted by Crippen LogP contribution is -2.47. The molecule has 1 aromatic heterocycles. The Kier molecular flexibility index (Phi) is 7.05. The predicted molar refractivity (Wildman–Crippen MR) is 115 cm³/mol. The fourth-order valence-electron chi connectivity index (χ4n) is 3.83. The summed E-state index contributed by atoms with van der Waals surface area (Å²) in [4.78, 5) is 42.1. The molecule has 1 aromatic carbocycles. The van der Waals surface area contributed by atoms with E-state index >= 15 is 0 Å². The van der Waals surface area contributed by atoms with Crippen molar-refractivity contribution in [1.82, 2.24) is 14.4 Å². The van der Waals surface area contributed by atoms with Crippen LogP contribution in [0.25, 0.3) is 0 Å². The van der Waals surface area contributed by atoms with Crippen molar-refractivity contribution in [3.05, 3.63) is 69.6 Å². The average Bonchev–Trinajstić information content (AvgIpc) is 2.95. The Morgan fingerprint density at radius 3 is 2.57 bits per heavy atom. The molecule has 1 fully saturated rings. The molecule has 1 unspecified atom stereocenters. The average molecular weight is 412 g/mol. The minimum Gasteiger partial charge on any atom is -0.468 e. The lowest BCUT2D eigenvalue weighted by atomic mass is 10.1. The van der Waals surface area contributed by atoms with E-state index in [1.165, 1.54) is 7.11 Å². The smallest absolute Gasteiger partial charge is 0.324 e. The van der Waals surface area contributed by atoms with Crippen LogP contribution in [0.3, 0.4) is 0 Å². The molecule has 30 heavy (non-hydrogen) atoms. The van der Waals surface area contributed by atoms with Gasteiger partial charge in [-0.15, -0.1) is 0 Å². The number of amides is 1. The van der Waals surface area contributed by atoms with Crippen molar-refractivity contribution in [2.75, 3.05) is 33.8 Å². The number of benzene rings is 1.